The van der Waals surface area contributed by atoms with Crippen LogP contribution in [0.25, 0.3) is 0 Å². The predicted molar refractivity (Wildman–Crippen MR) is 94.3 cm³/mol. The van der Waals surface area contributed by atoms with E-state index in [4.69, 9.17) is 0 Å². The van der Waals surface area contributed by atoms with Crippen LogP contribution in [0.4, 0.5) is 10.3 Å². The summed E-state index contributed by atoms with van der Waals surface area (Å²) in [6.07, 6.45) is 4.29. The molecule has 2 saturated heterocycles. The fraction of sp³-hybridized carbons (Fsp3) is 0.750. The lowest BCUT2D eigenvalue weighted by atomic mass is 9.97. The number of hydrogen-bond donors (Lipinski definition) is 1. The maximum atomic E-state index is 12.4. The van der Waals surface area contributed by atoms with E-state index in [-0.39, 0.29) is 23.8 Å². The molecule has 7 nitrogen and oxygen atoms in total. The number of rotatable bonds is 5. The van der Waals surface area contributed by atoms with Crippen molar-refractivity contribution < 1.29 is 9.59 Å². The average molecular weight is 351 g/mol. The zero-order valence-corrected chi connectivity index (χ0v) is 15.1. The summed E-state index contributed by atoms with van der Waals surface area (Å²) in [5, 5.41) is 13.0. The third-order valence-electron chi connectivity index (χ3n) is 4.77. The summed E-state index contributed by atoms with van der Waals surface area (Å²) in [6.45, 7) is 6.39. The Hall–Kier alpha value is -1.70. The highest BCUT2D eigenvalue weighted by atomic mass is 32.1. The summed E-state index contributed by atoms with van der Waals surface area (Å²) in [5.74, 6) is 0.254. The number of carbonyl (C=O) groups is 2. The van der Waals surface area contributed by atoms with Crippen molar-refractivity contribution in [2.24, 2.45) is 5.92 Å². The summed E-state index contributed by atoms with van der Waals surface area (Å²) < 4.78 is 0. The summed E-state index contributed by atoms with van der Waals surface area (Å²) >= 11 is 1.45. The van der Waals surface area contributed by atoms with Crippen LogP contribution >= 0.6 is 11.3 Å². The van der Waals surface area contributed by atoms with E-state index in [1.54, 1.807) is 4.90 Å². The first-order valence-corrected chi connectivity index (χ1v) is 9.59. The molecule has 3 heterocycles. The lowest BCUT2D eigenvalue weighted by Crippen LogP contribution is -2.45. The molecule has 2 amide bonds. The number of aromatic nitrogens is 2. The van der Waals surface area contributed by atoms with Crippen molar-refractivity contribution in [3.05, 3.63) is 0 Å². The van der Waals surface area contributed by atoms with Gasteiger partial charge in [0.1, 0.15) is 0 Å². The van der Waals surface area contributed by atoms with Gasteiger partial charge in [-0.15, -0.1) is 10.2 Å². The minimum Gasteiger partial charge on any atom is -0.353 e. The van der Waals surface area contributed by atoms with Crippen LogP contribution in [-0.4, -0.2) is 47.7 Å². The van der Waals surface area contributed by atoms with Crippen LogP contribution < -0.4 is 15.1 Å². The lowest BCUT2D eigenvalue weighted by Gasteiger charge is -2.32. The summed E-state index contributed by atoms with van der Waals surface area (Å²) in [6, 6.07) is 0.210. The Labute approximate surface area is 146 Å². The molecule has 132 valence electrons. The van der Waals surface area contributed by atoms with Crippen molar-refractivity contribution in [2.45, 2.75) is 52.0 Å². The smallest absolute Gasteiger partial charge is 0.228 e. The van der Waals surface area contributed by atoms with E-state index in [1.807, 2.05) is 6.92 Å². The largest absolute Gasteiger partial charge is 0.353 e. The van der Waals surface area contributed by atoms with Crippen LogP contribution in [0.15, 0.2) is 0 Å². The van der Waals surface area contributed by atoms with Crippen molar-refractivity contribution in [3.63, 3.8) is 0 Å². The van der Waals surface area contributed by atoms with E-state index in [1.165, 1.54) is 11.3 Å². The fourth-order valence-electron chi connectivity index (χ4n) is 3.12. The van der Waals surface area contributed by atoms with Crippen LogP contribution in [-0.2, 0) is 9.59 Å². The minimum absolute atomic E-state index is 0.00600. The lowest BCUT2D eigenvalue weighted by molar-refractivity contribution is -0.125. The molecule has 24 heavy (non-hydrogen) atoms. The van der Waals surface area contributed by atoms with E-state index in [0.29, 0.717) is 18.1 Å². The molecule has 0 aliphatic carbocycles. The molecule has 0 radical (unpaired) electrons. The third kappa shape index (κ3) is 3.68. The van der Waals surface area contributed by atoms with E-state index in [9.17, 15) is 9.59 Å². The Kier molecular flexibility index (Phi) is 5.33. The molecule has 0 saturated carbocycles. The van der Waals surface area contributed by atoms with Crippen LogP contribution in [0.1, 0.15) is 46.0 Å². The van der Waals surface area contributed by atoms with Gasteiger partial charge in [0.2, 0.25) is 22.1 Å². The van der Waals surface area contributed by atoms with Gasteiger partial charge in [-0.1, -0.05) is 18.3 Å². The molecular weight excluding hydrogens is 326 g/mol. The van der Waals surface area contributed by atoms with Gasteiger partial charge in [-0.05, 0) is 32.6 Å². The van der Waals surface area contributed by atoms with Gasteiger partial charge < -0.3 is 10.2 Å². The monoisotopic (exact) mass is 351 g/mol. The van der Waals surface area contributed by atoms with Crippen molar-refractivity contribution in [1.82, 2.24) is 15.5 Å². The molecule has 2 aliphatic rings. The highest BCUT2D eigenvalue weighted by Crippen LogP contribution is 2.32. The number of hydrogen-bond acceptors (Lipinski definition) is 6. The molecule has 0 unspecified atom stereocenters. The van der Waals surface area contributed by atoms with E-state index < -0.39 is 0 Å². The Morgan fingerprint density at radius 3 is 2.83 bits per heavy atom. The normalized spacial score (nSPS) is 22.8. The van der Waals surface area contributed by atoms with Crippen LogP contribution in [0.5, 0.6) is 0 Å². The predicted octanol–water partition coefficient (Wildman–Crippen LogP) is 1.80. The number of nitrogens with zero attached hydrogens (tertiary/aromatic N) is 4. The first kappa shape index (κ1) is 17.1. The quantitative estimate of drug-likeness (QED) is 0.875. The number of amides is 2. The highest BCUT2D eigenvalue weighted by Gasteiger charge is 2.30. The topological polar surface area (TPSA) is 78.4 Å². The van der Waals surface area contributed by atoms with Gasteiger partial charge in [0.25, 0.3) is 0 Å². The second kappa shape index (κ2) is 7.46. The fourth-order valence-corrected chi connectivity index (χ4v) is 4.05. The van der Waals surface area contributed by atoms with Gasteiger partial charge in [-0.25, -0.2) is 0 Å². The summed E-state index contributed by atoms with van der Waals surface area (Å²) in [4.78, 5) is 28.1. The zero-order valence-electron chi connectivity index (χ0n) is 14.3. The van der Waals surface area contributed by atoms with Gasteiger partial charge in [0.15, 0.2) is 0 Å². The Morgan fingerprint density at radius 1 is 1.33 bits per heavy atom. The Bertz CT molecular complexity index is 605. The summed E-state index contributed by atoms with van der Waals surface area (Å²) in [5.41, 5.74) is 0. The molecule has 0 bridgehead atoms. The number of carbonyl (C=O) groups excluding carboxylic acids is 2. The van der Waals surface area contributed by atoms with Gasteiger partial charge >= 0.3 is 0 Å². The molecule has 2 fully saturated rings. The van der Waals surface area contributed by atoms with Crippen molar-refractivity contribution in [2.75, 3.05) is 29.4 Å². The Morgan fingerprint density at radius 2 is 2.12 bits per heavy atom. The maximum absolute atomic E-state index is 12.4. The van der Waals surface area contributed by atoms with Crippen molar-refractivity contribution in [3.8, 4) is 0 Å². The van der Waals surface area contributed by atoms with Crippen LogP contribution in [0.2, 0.25) is 0 Å². The molecule has 8 heteroatoms. The van der Waals surface area contributed by atoms with Gasteiger partial charge in [-0.2, -0.15) is 0 Å². The number of nitrogens with one attached hydrogen (secondary N) is 1. The molecule has 1 aromatic heterocycles. The molecule has 0 spiro atoms. The molecule has 3 rings (SSSR count). The van der Waals surface area contributed by atoms with Crippen molar-refractivity contribution in [1.29, 1.82) is 0 Å². The first-order valence-electron chi connectivity index (χ1n) is 8.77. The van der Waals surface area contributed by atoms with Crippen LogP contribution in [0, 0.1) is 5.92 Å². The molecule has 1 N–H and O–H groups in total. The van der Waals surface area contributed by atoms with Crippen molar-refractivity contribution >= 4 is 33.4 Å². The van der Waals surface area contributed by atoms with E-state index in [2.05, 4.69) is 27.3 Å². The van der Waals surface area contributed by atoms with Gasteiger partial charge in [0.05, 0.1) is 5.92 Å². The van der Waals surface area contributed by atoms with Crippen LogP contribution in [0.3, 0.4) is 0 Å². The van der Waals surface area contributed by atoms with E-state index >= 15 is 0 Å². The maximum Gasteiger partial charge on any atom is 0.228 e. The molecule has 2 aliphatic heterocycles. The first-order chi connectivity index (χ1) is 11.6. The molecule has 0 aromatic carbocycles. The van der Waals surface area contributed by atoms with E-state index in [0.717, 1.165) is 43.9 Å². The second-order valence-electron chi connectivity index (χ2n) is 6.62. The van der Waals surface area contributed by atoms with Gasteiger partial charge in [0, 0.05) is 32.1 Å². The molecular formula is C16H25N5O2S. The number of anilines is 2. The molecule has 2 atom stereocenters. The third-order valence-corrected chi connectivity index (χ3v) is 5.78. The number of piperidine rings is 1. The highest BCUT2D eigenvalue weighted by molar-refractivity contribution is 7.19. The Balaban J connectivity index is 1.63. The minimum atomic E-state index is -0.00600. The summed E-state index contributed by atoms with van der Waals surface area (Å²) in [7, 11) is 0. The zero-order chi connectivity index (χ0) is 17.1. The second-order valence-corrected chi connectivity index (χ2v) is 7.55. The SMILES string of the molecule is CC[C@@H](C)NC(=O)[C@H]1CCCN(c2nnc(N3CCCC3=O)s2)C1. The average Bonchev–Trinajstić information content (AvgIpc) is 3.23. The molecule has 1 aromatic rings. The van der Waals surface area contributed by atoms with Gasteiger partial charge in [-0.3, -0.25) is 14.5 Å². The standard InChI is InChI=1S/C16H25N5O2S/c1-3-11(2)17-14(23)12-6-4-8-20(10-12)15-18-19-16(24-15)21-9-5-7-13(21)22/h11-12H,3-10H2,1-2H3,(H,17,23)/t11-,12+/m1/s1.